The summed E-state index contributed by atoms with van der Waals surface area (Å²) in [6, 6.07) is 5.56. The molecule has 0 bridgehead atoms. The number of benzene rings is 1. The molecule has 1 aromatic carbocycles. The van der Waals surface area contributed by atoms with Gasteiger partial charge in [0.25, 0.3) is 0 Å². The van der Waals surface area contributed by atoms with Crippen LogP contribution in [0.3, 0.4) is 0 Å². The molecule has 0 radical (unpaired) electrons. The molecule has 1 atom stereocenters. The largest absolute Gasteiger partial charge is 0.344 e. The Morgan fingerprint density at radius 1 is 1.29 bits per heavy atom. The van der Waals surface area contributed by atoms with Gasteiger partial charge in [-0.25, -0.2) is 19.9 Å². The molecule has 1 unspecified atom stereocenters. The summed E-state index contributed by atoms with van der Waals surface area (Å²) in [7, 11) is 1.84. The van der Waals surface area contributed by atoms with Crippen molar-refractivity contribution in [1.29, 1.82) is 5.53 Å². The Bertz CT molecular complexity index is 1140. The molecule has 3 aromatic heterocycles. The van der Waals surface area contributed by atoms with E-state index in [4.69, 9.17) is 5.53 Å². The number of H-pyrrole nitrogens is 1. The summed E-state index contributed by atoms with van der Waals surface area (Å²) in [5.74, 6) is -0.284. The minimum atomic E-state index is -0.590. The van der Waals surface area contributed by atoms with Gasteiger partial charge in [0, 0.05) is 36.8 Å². The molecule has 0 aliphatic rings. The van der Waals surface area contributed by atoms with Gasteiger partial charge in [-0.05, 0) is 17.7 Å². The number of rotatable bonds is 6. The Kier molecular flexibility index (Phi) is 4.71. The van der Waals surface area contributed by atoms with Crippen molar-refractivity contribution in [2.75, 3.05) is 0 Å². The van der Waals surface area contributed by atoms with Crippen LogP contribution in [0.15, 0.2) is 59.2 Å². The first-order chi connectivity index (χ1) is 13.6. The molecule has 0 aliphatic carbocycles. The Morgan fingerprint density at radius 3 is 2.82 bits per heavy atom. The lowest BCUT2D eigenvalue weighted by Gasteiger charge is -2.04. The van der Waals surface area contributed by atoms with Gasteiger partial charge in [0.15, 0.2) is 5.65 Å². The van der Waals surface area contributed by atoms with Gasteiger partial charge in [0.2, 0.25) is 0 Å². The fraction of sp³-hybridized carbons (Fsp3) is 0.158. The van der Waals surface area contributed by atoms with Crippen LogP contribution in [0.1, 0.15) is 17.2 Å². The molecule has 28 heavy (non-hydrogen) atoms. The zero-order valence-electron chi connectivity index (χ0n) is 15.0. The zero-order chi connectivity index (χ0) is 19.5. The average molecular weight is 376 g/mol. The van der Waals surface area contributed by atoms with Crippen LogP contribution in [-0.4, -0.2) is 30.9 Å². The van der Waals surface area contributed by atoms with Crippen molar-refractivity contribution in [2.45, 2.75) is 12.6 Å². The Morgan fingerprint density at radius 2 is 2.11 bits per heavy atom. The summed E-state index contributed by atoms with van der Waals surface area (Å²) in [5, 5.41) is 7.83. The van der Waals surface area contributed by atoms with Crippen LogP contribution in [0.25, 0.3) is 22.4 Å². The van der Waals surface area contributed by atoms with Crippen molar-refractivity contribution in [3.05, 3.63) is 66.0 Å². The van der Waals surface area contributed by atoms with E-state index in [1.165, 1.54) is 12.1 Å². The molecule has 0 fully saturated rings. The van der Waals surface area contributed by atoms with Crippen molar-refractivity contribution in [2.24, 2.45) is 17.2 Å². The van der Waals surface area contributed by atoms with Crippen LogP contribution in [0.5, 0.6) is 0 Å². The monoisotopic (exact) mass is 376 g/mol. The second-order valence-electron chi connectivity index (χ2n) is 6.29. The molecular formula is C19H17FN8. The Balaban J connectivity index is 1.61. The summed E-state index contributed by atoms with van der Waals surface area (Å²) < 4.78 is 14.7. The maximum absolute atomic E-state index is 13.0. The normalized spacial score (nSPS) is 12.6. The molecule has 4 rings (SSSR count). The van der Waals surface area contributed by atoms with Crippen molar-refractivity contribution in [3.63, 3.8) is 0 Å². The molecule has 9 heteroatoms. The Hall–Kier alpha value is -3.75. The molecule has 0 amide bonds. The quantitative estimate of drug-likeness (QED) is 0.394. The van der Waals surface area contributed by atoms with Crippen LogP contribution in [0, 0.1) is 11.3 Å². The van der Waals surface area contributed by atoms with Gasteiger partial charge in [-0.15, -0.1) is 0 Å². The smallest absolute Gasteiger partial charge is 0.156 e. The topological polar surface area (TPSA) is 108 Å². The molecule has 0 aliphatic heterocycles. The van der Waals surface area contributed by atoms with E-state index < -0.39 is 6.04 Å². The van der Waals surface area contributed by atoms with E-state index in [2.05, 4.69) is 30.2 Å². The van der Waals surface area contributed by atoms with E-state index in [9.17, 15) is 4.39 Å². The lowest BCUT2D eigenvalue weighted by molar-refractivity contribution is 0.627. The van der Waals surface area contributed by atoms with E-state index in [1.54, 1.807) is 41.6 Å². The predicted molar refractivity (Wildman–Crippen MR) is 103 cm³/mol. The van der Waals surface area contributed by atoms with Crippen molar-refractivity contribution < 1.29 is 4.39 Å². The van der Waals surface area contributed by atoms with Crippen molar-refractivity contribution >= 4 is 17.4 Å². The fourth-order valence-corrected chi connectivity index (χ4v) is 2.86. The van der Waals surface area contributed by atoms with E-state index >= 15 is 0 Å². The summed E-state index contributed by atoms with van der Waals surface area (Å²) in [6.07, 6.45) is 8.59. The van der Waals surface area contributed by atoms with E-state index in [0.717, 1.165) is 11.1 Å². The fourth-order valence-electron chi connectivity index (χ4n) is 2.86. The first-order valence-corrected chi connectivity index (χ1v) is 8.58. The zero-order valence-corrected chi connectivity index (χ0v) is 15.0. The van der Waals surface area contributed by atoms with E-state index in [0.29, 0.717) is 29.0 Å². The third-order valence-electron chi connectivity index (χ3n) is 4.30. The minimum absolute atomic E-state index is 0.284. The van der Waals surface area contributed by atoms with Crippen molar-refractivity contribution in [1.82, 2.24) is 24.7 Å². The van der Waals surface area contributed by atoms with Crippen LogP contribution < -0.4 is 0 Å². The molecule has 3 heterocycles. The van der Waals surface area contributed by atoms with E-state index in [-0.39, 0.29) is 5.82 Å². The third kappa shape index (κ3) is 3.54. The molecule has 0 saturated carbocycles. The van der Waals surface area contributed by atoms with E-state index in [1.807, 2.05) is 13.2 Å². The Labute approximate surface area is 159 Å². The van der Waals surface area contributed by atoms with Crippen LogP contribution >= 0.6 is 0 Å². The molecule has 140 valence electrons. The number of hydrogen-bond acceptors (Lipinski definition) is 6. The number of aromatic nitrogens is 5. The highest BCUT2D eigenvalue weighted by atomic mass is 19.1. The number of nitrogens with zero attached hydrogens (tertiary/aromatic N) is 6. The number of aromatic amines is 1. The molecule has 0 spiro atoms. The predicted octanol–water partition coefficient (Wildman–Crippen LogP) is 3.84. The van der Waals surface area contributed by atoms with Gasteiger partial charge in [-0.3, -0.25) is 9.67 Å². The van der Waals surface area contributed by atoms with Gasteiger partial charge >= 0.3 is 0 Å². The first-order valence-electron chi connectivity index (χ1n) is 8.58. The van der Waals surface area contributed by atoms with Crippen molar-refractivity contribution in [3.8, 4) is 11.3 Å². The SMILES string of the molecule is Cn1cc(-c2cnc3[nH]cc(C(C=NCc4ccc(F)cc4)N=N)c3n2)cn1. The lowest BCUT2D eigenvalue weighted by atomic mass is 10.1. The number of aryl methyl sites for hydroxylation is 1. The second-order valence-corrected chi connectivity index (χ2v) is 6.29. The molecule has 0 saturated heterocycles. The molecule has 4 aromatic rings. The summed E-state index contributed by atoms with van der Waals surface area (Å²) in [5.41, 5.74) is 11.9. The maximum Gasteiger partial charge on any atom is 0.156 e. The standard InChI is InChI=1S/C19H17FN8/c1-28-11-13(7-25-28)16-10-24-19-18(26-16)15(8-23-19)17(27-21)9-22-6-12-2-4-14(20)5-3-12/h2-5,7-11,17,21H,6H2,1H3,(H,23,24). The number of hydrogen-bond donors (Lipinski definition) is 2. The van der Waals surface area contributed by atoms with Crippen LogP contribution in [0.2, 0.25) is 0 Å². The summed E-state index contributed by atoms with van der Waals surface area (Å²) in [4.78, 5) is 16.5. The number of nitrogens with one attached hydrogen (secondary N) is 2. The first kappa shape index (κ1) is 17.7. The molecule has 8 nitrogen and oxygen atoms in total. The van der Waals surface area contributed by atoms with Gasteiger partial charge in [-0.2, -0.15) is 10.2 Å². The van der Waals surface area contributed by atoms with Gasteiger partial charge in [0.1, 0.15) is 17.4 Å². The number of aliphatic imine (C=N–C) groups is 1. The number of halogens is 1. The van der Waals surface area contributed by atoms with Gasteiger partial charge < -0.3 is 4.98 Å². The highest BCUT2D eigenvalue weighted by Gasteiger charge is 2.16. The highest BCUT2D eigenvalue weighted by Crippen LogP contribution is 2.26. The highest BCUT2D eigenvalue weighted by molar-refractivity contribution is 5.83. The second kappa shape index (κ2) is 7.47. The van der Waals surface area contributed by atoms with Gasteiger partial charge in [0.05, 0.1) is 24.6 Å². The third-order valence-corrected chi connectivity index (χ3v) is 4.30. The number of fused-ring (bicyclic) bond motifs is 1. The molecule has 2 N–H and O–H groups in total. The average Bonchev–Trinajstić information content (AvgIpc) is 3.32. The lowest BCUT2D eigenvalue weighted by Crippen LogP contribution is -1.97. The summed E-state index contributed by atoms with van der Waals surface area (Å²) >= 11 is 0. The maximum atomic E-state index is 13.0. The van der Waals surface area contributed by atoms with Crippen LogP contribution in [0.4, 0.5) is 4.39 Å². The molecular weight excluding hydrogens is 359 g/mol. The summed E-state index contributed by atoms with van der Waals surface area (Å²) in [6.45, 7) is 0.376. The van der Waals surface area contributed by atoms with Crippen LogP contribution in [-0.2, 0) is 13.6 Å². The minimum Gasteiger partial charge on any atom is -0.344 e. The van der Waals surface area contributed by atoms with Gasteiger partial charge in [-0.1, -0.05) is 12.1 Å².